The van der Waals surface area contributed by atoms with E-state index < -0.39 is 0 Å². The van der Waals surface area contributed by atoms with Crippen LogP contribution in [0.1, 0.15) is 29.9 Å². The molecule has 1 saturated heterocycles. The van der Waals surface area contributed by atoms with Gasteiger partial charge in [0.15, 0.2) is 0 Å². The molecule has 2 heterocycles. The van der Waals surface area contributed by atoms with Gasteiger partial charge < -0.3 is 14.6 Å². The lowest BCUT2D eigenvalue weighted by Crippen LogP contribution is -2.40. The molecule has 1 aliphatic rings. The summed E-state index contributed by atoms with van der Waals surface area (Å²) in [5.41, 5.74) is 1.37. The maximum Gasteiger partial charge on any atom is 0.318 e. The number of piperidine rings is 1. The van der Waals surface area contributed by atoms with Crippen molar-refractivity contribution in [3.05, 3.63) is 41.0 Å². The van der Waals surface area contributed by atoms with E-state index in [1.165, 1.54) is 6.07 Å². The molecule has 1 aromatic heterocycles. The van der Waals surface area contributed by atoms with Crippen molar-refractivity contribution in [2.75, 3.05) is 18.0 Å². The van der Waals surface area contributed by atoms with E-state index in [1.54, 1.807) is 19.9 Å². The van der Waals surface area contributed by atoms with Crippen LogP contribution in [-0.4, -0.2) is 29.2 Å². The van der Waals surface area contributed by atoms with Gasteiger partial charge in [0.1, 0.15) is 5.82 Å². The van der Waals surface area contributed by atoms with E-state index in [0.717, 1.165) is 18.4 Å². The highest BCUT2D eigenvalue weighted by atomic mass is 19.1. The van der Waals surface area contributed by atoms with Crippen molar-refractivity contribution in [2.24, 2.45) is 5.92 Å². The lowest BCUT2D eigenvalue weighted by molar-refractivity contribution is -0.125. The Bertz CT molecular complexity index is 723. The van der Waals surface area contributed by atoms with E-state index in [0.29, 0.717) is 37.1 Å². The van der Waals surface area contributed by atoms with E-state index in [1.807, 2.05) is 11.0 Å². The third-order valence-corrected chi connectivity index (χ3v) is 4.35. The van der Waals surface area contributed by atoms with Gasteiger partial charge >= 0.3 is 6.01 Å². The van der Waals surface area contributed by atoms with Crippen LogP contribution in [0.15, 0.2) is 22.6 Å². The van der Waals surface area contributed by atoms with Gasteiger partial charge in [0.2, 0.25) is 11.8 Å². The number of amides is 1. The Labute approximate surface area is 140 Å². The molecule has 1 aliphatic heterocycles. The number of benzene rings is 1. The van der Waals surface area contributed by atoms with E-state index in [-0.39, 0.29) is 17.6 Å². The second-order valence-electron chi connectivity index (χ2n) is 6.17. The number of halogens is 1. The fourth-order valence-electron chi connectivity index (χ4n) is 2.83. The third kappa shape index (κ3) is 3.72. The number of carbonyl (C=O) groups is 1. The van der Waals surface area contributed by atoms with Crippen LogP contribution >= 0.6 is 0 Å². The van der Waals surface area contributed by atoms with Crippen LogP contribution in [0.4, 0.5) is 10.4 Å². The minimum absolute atomic E-state index is 0.0114. The second-order valence-corrected chi connectivity index (χ2v) is 6.17. The molecular weight excluding hydrogens is 311 g/mol. The highest BCUT2D eigenvalue weighted by molar-refractivity contribution is 5.78. The van der Waals surface area contributed by atoms with Crippen molar-refractivity contribution in [1.82, 2.24) is 15.5 Å². The zero-order valence-electron chi connectivity index (χ0n) is 13.9. The van der Waals surface area contributed by atoms with Crippen molar-refractivity contribution in [1.29, 1.82) is 0 Å². The van der Waals surface area contributed by atoms with E-state index >= 15 is 0 Å². The number of hydrogen-bond acceptors (Lipinski definition) is 5. The molecule has 7 heteroatoms. The Hall–Kier alpha value is -2.44. The lowest BCUT2D eigenvalue weighted by atomic mass is 9.96. The molecule has 6 nitrogen and oxygen atoms in total. The number of hydrogen-bond donors (Lipinski definition) is 1. The number of aryl methyl sites for hydroxylation is 2. The first-order valence-electron chi connectivity index (χ1n) is 8.10. The number of nitrogens with zero attached hydrogens (tertiary/aromatic N) is 3. The lowest BCUT2D eigenvalue weighted by Gasteiger charge is -2.29. The predicted octanol–water partition coefficient (Wildman–Crippen LogP) is 2.36. The fraction of sp³-hybridized carbons (Fsp3) is 0.471. The van der Waals surface area contributed by atoms with Crippen LogP contribution in [0.5, 0.6) is 0 Å². The molecule has 0 aliphatic carbocycles. The van der Waals surface area contributed by atoms with Gasteiger partial charge in [-0.15, -0.1) is 5.10 Å². The van der Waals surface area contributed by atoms with E-state index in [9.17, 15) is 9.18 Å². The maximum atomic E-state index is 13.5. The number of carbonyl (C=O) groups excluding carboxylic acids is 1. The Balaban J connectivity index is 1.49. The topological polar surface area (TPSA) is 71.3 Å². The molecule has 128 valence electrons. The molecule has 1 N–H and O–H groups in total. The normalized spacial score (nSPS) is 15.5. The average molecular weight is 332 g/mol. The molecule has 2 aromatic rings. The Morgan fingerprint density at radius 1 is 1.33 bits per heavy atom. The Morgan fingerprint density at radius 2 is 2.08 bits per heavy atom. The summed E-state index contributed by atoms with van der Waals surface area (Å²) in [5.74, 6) is 0.262. The summed E-state index contributed by atoms with van der Waals surface area (Å²) < 4.78 is 18.9. The van der Waals surface area contributed by atoms with Gasteiger partial charge in [0, 0.05) is 32.5 Å². The highest BCUT2D eigenvalue weighted by Gasteiger charge is 2.27. The zero-order chi connectivity index (χ0) is 17.1. The van der Waals surface area contributed by atoms with Gasteiger partial charge in [0.25, 0.3) is 0 Å². The number of anilines is 1. The summed E-state index contributed by atoms with van der Waals surface area (Å²) >= 11 is 0. The van der Waals surface area contributed by atoms with E-state index in [4.69, 9.17) is 4.42 Å². The summed E-state index contributed by atoms with van der Waals surface area (Å²) in [6.45, 7) is 5.23. The molecule has 0 unspecified atom stereocenters. The summed E-state index contributed by atoms with van der Waals surface area (Å²) in [6, 6.07) is 5.54. The van der Waals surface area contributed by atoms with Gasteiger partial charge in [0.05, 0.1) is 0 Å². The summed E-state index contributed by atoms with van der Waals surface area (Å²) in [5, 5.41) is 10.7. The smallest absolute Gasteiger partial charge is 0.318 e. The van der Waals surface area contributed by atoms with Crippen molar-refractivity contribution in [3.63, 3.8) is 0 Å². The van der Waals surface area contributed by atoms with E-state index in [2.05, 4.69) is 15.5 Å². The molecule has 1 amide bonds. The molecule has 24 heavy (non-hydrogen) atoms. The van der Waals surface area contributed by atoms with Crippen LogP contribution in [0.3, 0.4) is 0 Å². The first-order chi connectivity index (χ1) is 11.5. The molecule has 0 saturated carbocycles. The van der Waals surface area contributed by atoms with Gasteiger partial charge in [-0.3, -0.25) is 4.79 Å². The Morgan fingerprint density at radius 3 is 2.71 bits per heavy atom. The van der Waals surface area contributed by atoms with Crippen molar-refractivity contribution in [2.45, 2.75) is 33.2 Å². The molecule has 0 bridgehead atoms. The molecule has 1 aromatic carbocycles. The largest absolute Gasteiger partial charge is 0.408 e. The summed E-state index contributed by atoms with van der Waals surface area (Å²) in [4.78, 5) is 14.3. The molecular formula is C17H21FN4O2. The van der Waals surface area contributed by atoms with Crippen LogP contribution in [0, 0.1) is 25.6 Å². The van der Waals surface area contributed by atoms with Gasteiger partial charge in [-0.05, 0) is 37.0 Å². The van der Waals surface area contributed by atoms with Crippen LogP contribution in [0.2, 0.25) is 0 Å². The monoisotopic (exact) mass is 332 g/mol. The summed E-state index contributed by atoms with van der Waals surface area (Å²) in [7, 11) is 0. The minimum Gasteiger partial charge on any atom is -0.408 e. The number of aromatic nitrogens is 2. The molecule has 0 spiro atoms. The number of rotatable bonds is 4. The van der Waals surface area contributed by atoms with Crippen LogP contribution in [0.25, 0.3) is 0 Å². The molecule has 3 rings (SSSR count). The number of nitrogens with one attached hydrogen (secondary N) is 1. The molecule has 0 radical (unpaired) electrons. The first kappa shape index (κ1) is 16.4. The quantitative estimate of drug-likeness (QED) is 0.930. The van der Waals surface area contributed by atoms with Crippen LogP contribution in [-0.2, 0) is 11.3 Å². The van der Waals surface area contributed by atoms with Crippen molar-refractivity contribution in [3.8, 4) is 0 Å². The second kappa shape index (κ2) is 6.98. The molecule has 0 atom stereocenters. The minimum atomic E-state index is -0.245. The molecule has 1 fully saturated rings. The average Bonchev–Trinajstić information content (AvgIpc) is 3.02. The van der Waals surface area contributed by atoms with Crippen molar-refractivity contribution < 1.29 is 13.6 Å². The standard InChI is InChI=1S/C17H21FN4O2/c1-11-3-4-13(9-15(11)18)10-19-16(23)14-5-7-22(8-6-14)17-21-20-12(2)24-17/h3-4,9,14H,5-8,10H2,1-2H3,(H,19,23). The predicted molar refractivity (Wildman–Crippen MR) is 87.0 cm³/mol. The van der Waals surface area contributed by atoms with Gasteiger partial charge in [-0.1, -0.05) is 17.2 Å². The first-order valence-corrected chi connectivity index (χ1v) is 8.10. The maximum absolute atomic E-state index is 13.5. The fourth-order valence-corrected chi connectivity index (χ4v) is 2.83. The SMILES string of the molecule is Cc1nnc(N2CCC(C(=O)NCc3ccc(C)c(F)c3)CC2)o1. The third-order valence-electron chi connectivity index (χ3n) is 4.35. The Kier molecular flexibility index (Phi) is 4.78. The zero-order valence-corrected chi connectivity index (χ0v) is 13.9. The highest BCUT2D eigenvalue weighted by Crippen LogP contribution is 2.22. The van der Waals surface area contributed by atoms with Gasteiger partial charge in [-0.25, -0.2) is 4.39 Å². The van der Waals surface area contributed by atoms with Crippen LogP contribution < -0.4 is 10.2 Å². The van der Waals surface area contributed by atoms with Crippen molar-refractivity contribution >= 4 is 11.9 Å². The van der Waals surface area contributed by atoms with Gasteiger partial charge in [-0.2, -0.15) is 0 Å². The summed E-state index contributed by atoms with van der Waals surface area (Å²) in [6.07, 6.45) is 1.46.